The molecule has 63 heavy (non-hydrogen) atoms. The normalized spacial score (nSPS) is 12.7. The number of anilines is 3. The summed E-state index contributed by atoms with van der Waals surface area (Å²) in [6.45, 7) is 4.72. The van der Waals surface area contributed by atoms with E-state index < -0.39 is 0 Å². The van der Waals surface area contributed by atoms with E-state index in [9.17, 15) is 0 Å². The van der Waals surface area contributed by atoms with Crippen LogP contribution in [0, 0.1) is 0 Å². The standard InChI is InChI=1S/C61H44N2/c1-61(2)55-30-15-14-27-51(55)52-37-36-47(40-56(52)61)62(57-31-16-23-41-18-12-13-26-49(41)57)46-34-32-42(33-35-46)48-28-17-29-53-50(48)38-39-54-58(43-19-6-3-7-20-43)59(44-21-8-4-9-22-44)63(60(53)54)45-24-10-5-11-25-45/h3-40H,1-2H3. The van der Waals surface area contributed by atoms with E-state index in [1.165, 1.54) is 88.2 Å². The van der Waals surface area contributed by atoms with Gasteiger partial charge in [-0.25, -0.2) is 0 Å². The minimum absolute atomic E-state index is 0.111. The summed E-state index contributed by atoms with van der Waals surface area (Å²) in [4.78, 5) is 2.45. The van der Waals surface area contributed by atoms with E-state index >= 15 is 0 Å². The molecule has 0 N–H and O–H groups in total. The maximum absolute atomic E-state index is 2.49. The number of hydrogen-bond donors (Lipinski definition) is 0. The predicted molar refractivity (Wildman–Crippen MR) is 267 cm³/mol. The smallest absolute Gasteiger partial charge is 0.0620 e. The number of fused-ring (bicyclic) bond motifs is 7. The molecule has 1 aliphatic rings. The molecule has 10 aromatic carbocycles. The summed E-state index contributed by atoms with van der Waals surface area (Å²) in [5.41, 5.74) is 18.3. The molecule has 12 rings (SSSR count). The lowest BCUT2D eigenvalue weighted by atomic mass is 9.82. The molecule has 2 nitrogen and oxygen atoms in total. The Labute approximate surface area is 368 Å². The molecule has 0 aliphatic heterocycles. The number of hydrogen-bond acceptors (Lipinski definition) is 1. The summed E-state index contributed by atoms with van der Waals surface area (Å²) >= 11 is 0. The maximum atomic E-state index is 2.49. The molecule has 0 radical (unpaired) electrons. The monoisotopic (exact) mass is 804 g/mol. The van der Waals surface area contributed by atoms with Crippen molar-refractivity contribution in [3.05, 3.63) is 242 Å². The first-order chi connectivity index (χ1) is 31.0. The van der Waals surface area contributed by atoms with E-state index in [4.69, 9.17) is 0 Å². The Kier molecular flexibility index (Phi) is 8.55. The number of para-hydroxylation sites is 1. The molecule has 0 atom stereocenters. The van der Waals surface area contributed by atoms with Crippen LogP contribution >= 0.6 is 0 Å². The zero-order valence-corrected chi connectivity index (χ0v) is 35.3. The zero-order valence-electron chi connectivity index (χ0n) is 35.3. The Morgan fingerprint density at radius 1 is 0.381 bits per heavy atom. The molecule has 0 amide bonds. The average molecular weight is 805 g/mol. The highest BCUT2D eigenvalue weighted by molar-refractivity contribution is 6.18. The van der Waals surface area contributed by atoms with E-state index in [-0.39, 0.29) is 5.41 Å². The molecule has 11 aromatic rings. The number of nitrogens with zero attached hydrogens (tertiary/aromatic N) is 2. The second-order valence-electron chi connectivity index (χ2n) is 17.3. The fourth-order valence-electron chi connectivity index (χ4n) is 10.4. The van der Waals surface area contributed by atoms with Gasteiger partial charge in [0, 0.05) is 44.2 Å². The summed E-state index contributed by atoms with van der Waals surface area (Å²) < 4.78 is 2.49. The van der Waals surface area contributed by atoms with Crippen LogP contribution in [0.4, 0.5) is 17.1 Å². The van der Waals surface area contributed by atoms with Crippen molar-refractivity contribution >= 4 is 49.5 Å². The quantitative estimate of drug-likeness (QED) is 0.156. The zero-order chi connectivity index (χ0) is 42.1. The van der Waals surface area contributed by atoms with Crippen molar-refractivity contribution in [1.82, 2.24) is 4.57 Å². The molecule has 0 saturated carbocycles. The third-order valence-corrected chi connectivity index (χ3v) is 13.4. The van der Waals surface area contributed by atoms with Gasteiger partial charge in [0.1, 0.15) is 0 Å². The van der Waals surface area contributed by atoms with Gasteiger partial charge >= 0.3 is 0 Å². The van der Waals surface area contributed by atoms with Crippen molar-refractivity contribution in [2.75, 3.05) is 4.90 Å². The van der Waals surface area contributed by atoms with Gasteiger partial charge in [0.05, 0.1) is 16.9 Å². The van der Waals surface area contributed by atoms with Gasteiger partial charge in [-0.1, -0.05) is 202 Å². The van der Waals surface area contributed by atoms with Crippen LogP contribution in [0.5, 0.6) is 0 Å². The molecule has 0 fully saturated rings. The van der Waals surface area contributed by atoms with Crippen LogP contribution in [0.25, 0.3) is 82.8 Å². The van der Waals surface area contributed by atoms with Crippen molar-refractivity contribution in [1.29, 1.82) is 0 Å². The first-order valence-electron chi connectivity index (χ1n) is 21.9. The van der Waals surface area contributed by atoms with Crippen molar-refractivity contribution in [2.24, 2.45) is 0 Å². The van der Waals surface area contributed by atoms with E-state index in [1.807, 2.05) is 0 Å². The third-order valence-electron chi connectivity index (χ3n) is 13.4. The fraction of sp³-hybridized carbons (Fsp3) is 0.0492. The van der Waals surface area contributed by atoms with E-state index in [0.29, 0.717) is 0 Å². The first kappa shape index (κ1) is 36.9. The largest absolute Gasteiger partial charge is 0.310 e. The van der Waals surface area contributed by atoms with Crippen LogP contribution in [-0.4, -0.2) is 4.57 Å². The van der Waals surface area contributed by atoms with Gasteiger partial charge in [-0.15, -0.1) is 0 Å². The van der Waals surface area contributed by atoms with Gasteiger partial charge in [-0.05, 0) is 97.7 Å². The molecule has 2 heteroatoms. The number of rotatable bonds is 7. The molecule has 298 valence electrons. The lowest BCUT2D eigenvalue weighted by Gasteiger charge is -2.29. The molecule has 1 aromatic heterocycles. The first-order valence-corrected chi connectivity index (χ1v) is 21.9. The summed E-state index contributed by atoms with van der Waals surface area (Å²) in [6, 6.07) is 84.6. The topological polar surface area (TPSA) is 8.17 Å². The molecule has 0 bridgehead atoms. The average Bonchev–Trinajstić information content (AvgIpc) is 3.82. The van der Waals surface area contributed by atoms with Gasteiger partial charge in [0.15, 0.2) is 0 Å². The van der Waals surface area contributed by atoms with Gasteiger partial charge < -0.3 is 9.47 Å². The van der Waals surface area contributed by atoms with E-state index in [0.717, 1.165) is 22.7 Å². The molecule has 1 aliphatic carbocycles. The molecular weight excluding hydrogens is 761 g/mol. The fourth-order valence-corrected chi connectivity index (χ4v) is 10.4. The van der Waals surface area contributed by atoms with Crippen LogP contribution in [0.15, 0.2) is 231 Å². The summed E-state index contributed by atoms with van der Waals surface area (Å²) in [7, 11) is 0. The van der Waals surface area contributed by atoms with E-state index in [1.54, 1.807) is 0 Å². The van der Waals surface area contributed by atoms with Crippen molar-refractivity contribution in [2.45, 2.75) is 19.3 Å². The number of benzene rings is 10. The van der Waals surface area contributed by atoms with Crippen molar-refractivity contribution < 1.29 is 0 Å². The van der Waals surface area contributed by atoms with Crippen LogP contribution in [-0.2, 0) is 5.41 Å². The summed E-state index contributed by atoms with van der Waals surface area (Å²) in [5.74, 6) is 0. The van der Waals surface area contributed by atoms with Crippen LogP contribution in [0.3, 0.4) is 0 Å². The number of aromatic nitrogens is 1. The Morgan fingerprint density at radius 2 is 0.968 bits per heavy atom. The van der Waals surface area contributed by atoms with Gasteiger partial charge in [0.25, 0.3) is 0 Å². The van der Waals surface area contributed by atoms with E-state index in [2.05, 4.69) is 254 Å². The Balaban J connectivity index is 1.04. The molecule has 0 saturated heterocycles. The van der Waals surface area contributed by atoms with Crippen molar-refractivity contribution in [3.63, 3.8) is 0 Å². The SMILES string of the molecule is CC1(C)c2ccccc2-c2ccc(N(c3ccc(-c4cccc5c4ccc4c(-c6ccccc6)c(-c6ccccc6)n(-c6ccccc6)c45)cc3)c3cccc4ccccc34)cc21. The molecular formula is C61H44N2. The highest BCUT2D eigenvalue weighted by Gasteiger charge is 2.36. The Bertz CT molecular complexity index is 3500. The summed E-state index contributed by atoms with van der Waals surface area (Å²) in [5, 5.41) is 6.11. The minimum atomic E-state index is -0.111. The van der Waals surface area contributed by atoms with Crippen LogP contribution in [0.2, 0.25) is 0 Å². The van der Waals surface area contributed by atoms with Crippen LogP contribution < -0.4 is 4.90 Å². The molecule has 0 spiro atoms. The van der Waals surface area contributed by atoms with Crippen LogP contribution in [0.1, 0.15) is 25.0 Å². The van der Waals surface area contributed by atoms with Gasteiger partial charge in [0.2, 0.25) is 0 Å². The maximum Gasteiger partial charge on any atom is 0.0620 e. The lowest BCUT2D eigenvalue weighted by Crippen LogP contribution is -2.16. The highest BCUT2D eigenvalue weighted by atomic mass is 15.1. The highest BCUT2D eigenvalue weighted by Crippen LogP contribution is 2.51. The molecule has 0 unspecified atom stereocenters. The van der Waals surface area contributed by atoms with Gasteiger partial charge in [-0.2, -0.15) is 0 Å². The minimum Gasteiger partial charge on any atom is -0.310 e. The Hall–Kier alpha value is -7.94. The third kappa shape index (κ3) is 5.86. The lowest BCUT2D eigenvalue weighted by molar-refractivity contribution is 0.660. The second kappa shape index (κ2) is 14.6. The second-order valence-corrected chi connectivity index (χ2v) is 17.3. The Morgan fingerprint density at radius 3 is 1.76 bits per heavy atom. The van der Waals surface area contributed by atoms with Crippen molar-refractivity contribution in [3.8, 4) is 50.3 Å². The van der Waals surface area contributed by atoms with Gasteiger partial charge in [-0.3, -0.25) is 0 Å². The predicted octanol–water partition coefficient (Wildman–Crippen LogP) is 16.7. The molecule has 1 heterocycles. The summed E-state index contributed by atoms with van der Waals surface area (Å²) in [6.07, 6.45) is 0.